The van der Waals surface area contributed by atoms with Gasteiger partial charge in [0.25, 0.3) is 5.91 Å². The van der Waals surface area contributed by atoms with E-state index in [4.69, 9.17) is 4.42 Å². The van der Waals surface area contributed by atoms with E-state index >= 15 is 0 Å². The van der Waals surface area contributed by atoms with E-state index in [1.807, 2.05) is 24.3 Å². The van der Waals surface area contributed by atoms with E-state index in [9.17, 15) is 9.18 Å². The predicted octanol–water partition coefficient (Wildman–Crippen LogP) is 4.63. The molecule has 2 aromatic heterocycles. The van der Waals surface area contributed by atoms with Gasteiger partial charge in [-0.25, -0.2) is 14.4 Å². The van der Waals surface area contributed by atoms with Crippen LogP contribution in [0.4, 0.5) is 4.39 Å². The number of para-hydroxylation sites is 1. The zero-order valence-electron chi connectivity index (χ0n) is 15.5. The highest BCUT2D eigenvalue weighted by Gasteiger charge is 2.20. The molecule has 0 aliphatic rings. The highest BCUT2D eigenvalue weighted by Crippen LogP contribution is 2.30. The number of nitrogens with zero attached hydrogens (tertiary/aromatic N) is 2. The molecule has 0 atom stereocenters. The van der Waals surface area contributed by atoms with Gasteiger partial charge in [-0.2, -0.15) is 0 Å². The smallest absolute Gasteiger partial charge is 0.287 e. The van der Waals surface area contributed by atoms with Crippen molar-refractivity contribution in [2.45, 2.75) is 17.3 Å². The fourth-order valence-electron chi connectivity index (χ4n) is 3.01. The van der Waals surface area contributed by atoms with Gasteiger partial charge in [0.05, 0.1) is 0 Å². The minimum atomic E-state index is -0.317. The highest BCUT2D eigenvalue weighted by atomic mass is 32.2. The van der Waals surface area contributed by atoms with Gasteiger partial charge in [0, 0.05) is 35.6 Å². The predicted molar refractivity (Wildman–Crippen MR) is 110 cm³/mol. The van der Waals surface area contributed by atoms with Gasteiger partial charge in [-0.3, -0.25) is 4.79 Å². The van der Waals surface area contributed by atoms with Gasteiger partial charge in [0.15, 0.2) is 10.9 Å². The Kier molecular flexibility index (Phi) is 5.86. The number of hydrogen-bond donors (Lipinski definition) is 1. The topological polar surface area (TPSA) is 68.0 Å². The van der Waals surface area contributed by atoms with Crippen LogP contribution in [0.2, 0.25) is 0 Å². The number of rotatable bonds is 7. The maximum Gasteiger partial charge on any atom is 0.287 e. The van der Waals surface area contributed by atoms with Crippen molar-refractivity contribution in [3.63, 3.8) is 0 Å². The Morgan fingerprint density at radius 2 is 1.79 bits per heavy atom. The summed E-state index contributed by atoms with van der Waals surface area (Å²) in [5.41, 5.74) is 2.01. The largest absolute Gasteiger partial charge is 0.451 e. The van der Waals surface area contributed by atoms with E-state index in [-0.39, 0.29) is 17.5 Å². The third kappa shape index (κ3) is 4.46. The third-order valence-electron chi connectivity index (χ3n) is 4.43. The number of halogens is 1. The molecule has 1 N–H and O–H groups in total. The molecule has 2 aromatic carbocycles. The number of aromatic nitrogens is 2. The van der Waals surface area contributed by atoms with Gasteiger partial charge in [-0.05, 0) is 30.2 Å². The number of hydrogen-bond acceptors (Lipinski definition) is 5. The van der Waals surface area contributed by atoms with E-state index in [2.05, 4.69) is 15.3 Å². The Morgan fingerprint density at radius 1 is 1.03 bits per heavy atom. The molecule has 0 saturated carbocycles. The summed E-state index contributed by atoms with van der Waals surface area (Å²) in [6.07, 6.45) is 3.76. The van der Waals surface area contributed by atoms with Crippen molar-refractivity contribution in [1.82, 2.24) is 15.3 Å². The van der Waals surface area contributed by atoms with Crippen LogP contribution < -0.4 is 5.32 Å². The first-order chi connectivity index (χ1) is 14.2. The average Bonchev–Trinajstić information content (AvgIpc) is 3.13. The third-order valence-corrected chi connectivity index (χ3v) is 5.33. The zero-order valence-corrected chi connectivity index (χ0v) is 16.3. The van der Waals surface area contributed by atoms with Gasteiger partial charge in [0.2, 0.25) is 0 Å². The van der Waals surface area contributed by atoms with E-state index < -0.39 is 0 Å². The molecule has 5 nitrogen and oxygen atoms in total. The Hall–Kier alpha value is -3.19. The van der Waals surface area contributed by atoms with E-state index in [0.29, 0.717) is 35.0 Å². The van der Waals surface area contributed by atoms with Crippen molar-refractivity contribution in [3.8, 4) is 0 Å². The molecule has 0 bridgehead atoms. The van der Waals surface area contributed by atoms with Gasteiger partial charge in [0.1, 0.15) is 11.4 Å². The quantitative estimate of drug-likeness (QED) is 0.357. The lowest BCUT2D eigenvalue weighted by atomic mass is 10.1. The highest BCUT2D eigenvalue weighted by molar-refractivity contribution is 7.98. The molecule has 1 amide bonds. The molecule has 0 fully saturated rings. The standard InChI is InChI=1S/C22H18FN3O2S/c23-18-8-3-1-6-15(18)10-13-24-21(27)20-17(14-29-22-25-11-5-12-26-22)16-7-2-4-9-19(16)28-20/h1-9,11-12H,10,13-14H2,(H,24,27). The summed E-state index contributed by atoms with van der Waals surface area (Å²) in [7, 11) is 0. The van der Waals surface area contributed by atoms with Gasteiger partial charge in [-0.1, -0.05) is 48.2 Å². The van der Waals surface area contributed by atoms with E-state index in [1.165, 1.54) is 17.8 Å². The van der Waals surface area contributed by atoms with Crippen LogP contribution in [0.3, 0.4) is 0 Å². The number of carbonyl (C=O) groups excluding carboxylic acids is 1. The molecule has 0 unspecified atom stereocenters. The summed E-state index contributed by atoms with van der Waals surface area (Å²) in [5.74, 6) is 0.174. The monoisotopic (exact) mass is 407 g/mol. The van der Waals surface area contributed by atoms with Crippen LogP contribution in [0, 0.1) is 5.82 Å². The van der Waals surface area contributed by atoms with Gasteiger partial charge in [-0.15, -0.1) is 0 Å². The maximum absolute atomic E-state index is 13.8. The van der Waals surface area contributed by atoms with Crippen molar-refractivity contribution in [1.29, 1.82) is 0 Å². The number of benzene rings is 2. The molecular weight excluding hydrogens is 389 g/mol. The molecule has 7 heteroatoms. The van der Waals surface area contributed by atoms with E-state index in [0.717, 1.165) is 10.9 Å². The van der Waals surface area contributed by atoms with Crippen molar-refractivity contribution in [3.05, 3.63) is 89.7 Å². The first-order valence-electron chi connectivity index (χ1n) is 9.14. The van der Waals surface area contributed by atoms with Gasteiger partial charge >= 0.3 is 0 Å². The number of amides is 1. The fraction of sp³-hybridized carbons (Fsp3) is 0.136. The summed E-state index contributed by atoms with van der Waals surface area (Å²) >= 11 is 1.44. The van der Waals surface area contributed by atoms with Crippen LogP contribution in [-0.2, 0) is 12.2 Å². The van der Waals surface area contributed by atoms with Gasteiger partial charge < -0.3 is 9.73 Å². The Morgan fingerprint density at radius 3 is 2.62 bits per heavy atom. The number of fused-ring (bicyclic) bond motifs is 1. The lowest BCUT2D eigenvalue weighted by Gasteiger charge is -2.06. The normalized spacial score (nSPS) is 10.9. The summed E-state index contributed by atoms with van der Waals surface area (Å²) in [5, 5.41) is 4.35. The molecule has 4 aromatic rings. The molecule has 146 valence electrons. The minimum Gasteiger partial charge on any atom is -0.451 e. The lowest BCUT2D eigenvalue weighted by molar-refractivity contribution is 0.0927. The van der Waals surface area contributed by atoms with Crippen molar-refractivity contribution in [2.75, 3.05) is 6.54 Å². The Labute approximate surface area is 171 Å². The van der Waals surface area contributed by atoms with Crippen LogP contribution in [0.15, 0.2) is 76.6 Å². The summed E-state index contributed by atoms with van der Waals surface area (Å²) < 4.78 is 19.6. The van der Waals surface area contributed by atoms with Crippen molar-refractivity contribution < 1.29 is 13.6 Å². The number of carbonyl (C=O) groups is 1. The zero-order chi connectivity index (χ0) is 20.1. The van der Waals surface area contributed by atoms with Crippen LogP contribution in [0.5, 0.6) is 0 Å². The molecule has 0 aliphatic heterocycles. The maximum atomic E-state index is 13.8. The average molecular weight is 407 g/mol. The van der Waals surface area contributed by atoms with Crippen LogP contribution >= 0.6 is 11.8 Å². The SMILES string of the molecule is O=C(NCCc1ccccc1F)c1oc2ccccc2c1CSc1ncccn1. The molecule has 0 aliphatic carbocycles. The second-order valence-corrected chi connectivity index (χ2v) is 7.27. The summed E-state index contributed by atoms with van der Waals surface area (Å²) in [6.45, 7) is 0.311. The van der Waals surface area contributed by atoms with Crippen LogP contribution in [0.25, 0.3) is 11.0 Å². The van der Waals surface area contributed by atoms with Crippen LogP contribution in [-0.4, -0.2) is 22.4 Å². The first kappa shape index (κ1) is 19.1. The minimum absolute atomic E-state index is 0.267. The molecule has 4 rings (SSSR count). The molecule has 29 heavy (non-hydrogen) atoms. The summed E-state index contributed by atoms with van der Waals surface area (Å²) in [4.78, 5) is 21.2. The second kappa shape index (κ2) is 8.87. The van der Waals surface area contributed by atoms with Crippen molar-refractivity contribution in [2.24, 2.45) is 0 Å². The molecule has 0 saturated heterocycles. The second-order valence-electron chi connectivity index (χ2n) is 6.32. The Bertz CT molecular complexity index is 1130. The van der Waals surface area contributed by atoms with E-state index in [1.54, 1.807) is 36.7 Å². The first-order valence-corrected chi connectivity index (χ1v) is 10.1. The fourth-order valence-corrected chi connectivity index (χ4v) is 3.85. The summed E-state index contributed by atoms with van der Waals surface area (Å²) in [6, 6.07) is 15.8. The molecule has 0 spiro atoms. The van der Waals surface area contributed by atoms with Crippen molar-refractivity contribution >= 4 is 28.6 Å². The number of thioether (sulfide) groups is 1. The molecular formula is C22H18FN3O2S. The van der Waals surface area contributed by atoms with Crippen LogP contribution in [0.1, 0.15) is 21.7 Å². The number of furan rings is 1. The lowest BCUT2D eigenvalue weighted by Crippen LogP contribution is -2.26. The molecule has 0 radical (unpaired) electrons. The molecule has 2 heterocycles. The number of nitrogens with one attached hydrogen (secondary N) is 1. The Balaban J connectivity index is 1.51.